The van der Waals surface area contributed by atoms with Gasteiger partial charge in [0.05, 0.1) is 6.61 Å². The number of hydrogen-bond acceptors (Lipinski definition) is 4. The molecular weight excluding hydrogens is 268 g/mol. The lowest BCUT2D eigenvalue weighted by molar-refractivity contribution is -0.150. The predicted octanol–water partition coefficient (Wildman–Crippen LogP) is 4.40. The highest BCUT2D eigenvalue weighted by atomic mass is 16.6. The molecule has 0 saturated heterocycles. The second-order valence-electron chi connectivity index (χ2n) is 5.58. The molecule has 0 aromatic heterocycles. The molecule has 1 unspecified atom stereocenters. The molecule has 124 valence electrons. The van der Waals surface area contributed by atoms with Gasteiger partial charge < -0.3 is 9.47 Å². The first-order valence-corrected chi connectivity index (χ1v) is 8.45. The van der Waals surface area contributed by atoms with Crippen LogP contribution in [0.4, 0.5) is 0 Å². The average molecular weight is 300 g/mol. The first-order valence-electron chi connectivity index (χ1n) is 8.45. The topological polar surface area (TPSA) is 52.6 Å². The van der Waals surface area contributed by atoms with Gasteiger partial charge in [-0.2, -0.15) is 0 Å². The van der Waals surface area contributed by atoms with Gasteiger partial charge in [-0.05, 0) is 19.8 Å². The Morgan fingerprint density at radius 2 is 1.43 bits per heavy atom. The van der Waals surface area contributed by atoms with Crippen molar-refractivity contribution in [3.8, 4) is 0 Å². The molecule has 0 rings (SSSR count). The van der Waals surface area contributed by atoms with Crippen LogP contribution in [0, 0.1) is 0 Å². The van der Waals surface area contributed by atoms with Crippen molar-refractivity contribution in [2.24, 2.45) is 0 Å². The zero-order valence-electron chi connectivity index (χ0n) is 14.0. The molecular formula is C17H32O4. The van der Waals surface area contributed by atoms with E-state index >= 15 is 0 Å². The third-order valence-corrected chi connectivity index (χ3v) is 3.34. The lowest BCUT2D eigenvalue weighted by Crippen LogP contribution is -2.18. The molecule has 0 aromatic rings. The smallest absolute Gasteiger partial charge is 0.306 e. The van der Waals surface area contributed by atoms with Crippen molar-refractivity contribution in [3.63, 3.8) is 0 Å². The van der Waals surface area contributed by atoms with Crippen molar-refractivity contribution < 1.29 is 19.1 Å². The van der Waals surface area contributed by atoms with Gasteiger partial charge in [0.1, 0.15) is 6.10 Å². The summed E-state index contributed by atoms with van der Waals surface area (Å²) in [4.78, 5) is 23.0. The summed E-state index contributed by atoms with van der Waals surface area (Å²) in [5.74, 6) is -0.297. The fraction of sp³-hybridized carbons (Fsp3) is 0.882. The van der Waals surface area contributed by atoms with E-state index in [9.17, 15) is 9.59 Å². The second-order valence-corrected chi connectivity index (χ2v) is 5.58. The summed E-state index contributed by atoms with van der Waals surface area (Å²) < 4.78 is 10.4. The maximum Gasteiger partial charge on any atom is 0.306 e. The number of unbranched alkanes of at least 4 members (excludes halogenated alkanes) is 5. The second kappa shape index (κ2) is 13.9. The zero-order valence-corrected chi connectivity index (χ0v) is 14.0. The standard InChI is InChI=1S/C17H32O4/c1-4-6-8-10-11-16(18)20-14-13-15(3)21-17(19)12-9-7-5-2/h15H,4-14H2,1-3H3. The third kappa shape index (κ3) is 13.7. The van der Waals surface area contributed by atoms with Crippen molar-refractivity contribution in [1.29, 1.82) is 0 Å². The lowest BCUT2D eigenvalue weighted by Gasteiger charge is -2.13. The van der Waals surface area contributed by atoms with Crippen LogP contribution in [-0.2, 0) is 19.1 Å². The van der Waals surface area contributed by atoms with E-state index in [4.69, 9.17) is 9.47 Å². The van der Waals surface area contributed by atoms with Gasteiger partial charge in [-0.1, -0.05) is 46.0 Å². The zero-order chi connectivity index (χ0) is 15.9. The lowest BCUT2D eigenvalue weighted by atomic mass is 10.1. The van der Waals surface area contributed by atoms with Crippen molar-refractivity contribution in [1.82, 2.24) is 0 Å². The number of carbonyl (C=O) groups is 2. The number of hydrogen-bond donors (Lipinski definition) is 0. The third-order valence-electron chi connectivity index (χ3n) is 3.34. The maximum atomic E-state index is 11.5. The first kappa shape index (κ1) is 19.9. The number of ether oxygens (including phenoxy) is 2. The highest BCUT2D eigenvalue weighted by Crippen LogP contribution is 2.06. The molecule has 0 aliphatic carbocycles. The van der Waals surface area contributed by atoms with Gasteiger partial charge in [-0.15, -0.1) is 0 Å². The molecule has 4 heteroatoms. The highest BCUT2D eigenvalue weighted by Gasteiger charge is 2.10. The van der Waals surface area contributed by atoms with Crippen LogP contribution >= 0.6 is 0 Å². The molecule has 0 radical (unpaired) electrons. The van der Waals surface area contributed by atoms with Gasteiger partial charge in [0.25, 0.3) is 0 Å². The fourth-order valence-corrected chi connectivity index (χ4v) is 1.97. The van der Waals surface area contributed by atoms with Crippen LogP contribution in [0.2, 0.25) is 0 Å². The summed E-state index contributed by atoms with van der Waals surface area (Å²) in [6.07, 6.45) is 8.69. The van der Waals surface area contributed by atoms with E-state index in [0.717, 1.165) is 44.9 Å². The summed E-state index contributed by atoms with van der Waals surface area (Å²) >= 11 is 0. The summed E-state index contributed by atoms with van der Waals surface area (Å²) in [5, 5.41) is 0. The Balaban J connectivity index is 3.53. The van der Waals surface area contributed by atoms with Gasteiger partial charge in [-0.3, -0.25) is 9.59 Å². The van der Waals surface area contributed by atoms with Crippen LogP contribution < -0.4 is 0 Å². The largest absolute Gasteiger partial charge is 0.466 e. The Morgan fingerprint density at radius 1 is 0.857 bits per heavy atom. The summed E-state index contributed by atoms with van der Waals surface area (Å²) in [5.41, 5.74) is 0. The van der Waals surface area contributed by atoms with Crippen LogP contribution in [0.1, 0.15) is 85.0 Å². The van der Waals surface area contributed by atoms with Crippen LogP contribution in [0.15, 0.2) is 0 Å². The SMILES string of the molecule is CCCCCCC(=O)OCCC(C)OC(=O)CCCCC. The number of carbonyl (C=O) groups excluding carboxylic acids is 2. The van der Waals surface area contributed by atoms with Crippen LogP contribution in [-0.4, -0.2) is 24.6 Å². The van der Waals surface area contributed by atoms with Crippen molar-refractivity contribution in [3.05, 3.63) is 0 Å². The van der Waals surface area contributed by atoms with E-state index in [1.165, 1.54) is 0 Å². The molecule has 0 aliphatic heterocycles. The monoisotopic (exact) mass is 300 g/mol. The molecule has 0 aromatic carbocycles. The number of rotatable bonds is 13. The van der Waals surface area contributed by atoms with Crippen molar-refractivity contribution in [2.75, 3.05) is 6.61 Å². The normalized spacial score (nSPS) is 12.0. The molecule has 0 spiro atoms. The summed E-state index contributed by atoms with van der Waals surface area (Å²) in [7, 11) is 0. The van der Waals surface area contributed by atoms with E-state index in [-0.39, 0.29) is 18.0 Å². The minimum atomic E-state index is -0.188. The molecule has 0 heterocycles. The first-order chi connectivity index (χ1) is 10.1. The minimum absolute atomic E-state index is 0.146. The Bertz CT molecular complexity index is 276. The Morgan fingerprint density at radius 3 is 2.10 bits per heavy atom. The quantitative estimate of drug-likeness (QED) is 0.373. The minimum Gasteiger partial charge on any atom is -0.466 e. The van der Waals surface area contributed by atoms with E-state index in [1.54, 1.807) is 0 Å². The van der Waals surface area contributed by atoms with Gasteiger partial charge in [0, 0.05) is 19.3 Å². The fourth-order valence-electron chi connectivity index (χ4n) is 1.97. The molecule has 21 heavy (non-hydrogen) atoms. The summed E-state index contributed by atoms with van der Waals surface area (Å²) in [6, 6.07) is 0. The summed E-state index contributed by atoms with van der Waals surface area (Å²) in [6.45, 7) is 6.41. The highest BCUT2D eigenvalue weighted by molar-refractivity contribution is 5.69. The molecule has 0 aliphatic rings. The molecule has 0 N–H and O–H groups in total. The van der Waals surface area contributed by atoms with Crippen LogP contribution in [0.5, 0.6) is 0 Å². The maximum absolute atomic E-state index is 11.5. The van der Waals surface area contributed by atoms with E-state index in [0.29, 0.717) is 25.9 Å². The van der Waals surface area contributed by atoms with Gasteiger partial charge in [0.15, 0.2) is 0 Å². The Labute approximate surface area is 129 Å². The van der Waals surface area contributed by atoms with E-state index in [1.807, 2.05) is 6.92 Å². The Kier molecular flexibility index (Phi) is 13.2. The molecule has 4 nitrogen and oxygen atoms in total. The average Bonchev–Trinajstić information content (AvgIpc) is 2.44. The van der Waals surface area contributed by atoms with Crippen LogP contribution in [0.25, 0.3) is 0 Å². The number of esters is 2. The molecule has 0 fully saturated rings. The Hall–Kier alpha value is -1.06. The van der Waals surface area contributed by atoms with Gasteiger partial charge >= 0.3 is 11.9 Å². The van der Waals surface area contributed by atoms with Crippen molar-refractivity contribution >= 4 is 11.9 Å². The van der Waals surface area contributed by atoms with E-state index in [2.05, 4.69) is 13.8 Å². The van der Waals surface area contributed by atoms with E-state index < -0.39 is 0 Å². The molecule has 0 saturated carbocycles. The van der Waals surface area contributed by atoms with Crippen molar-refractivity contribution in [2.45, 2.75) is 91.1 Å². The predicted molar refractivity (Wildman–Crippen MR) is 84.0 cm³/mol. The van der Waals surface area contributed by atoms with Gasteiger partial charge in [0.2, 0.25) is 0 Å². The molecule has 0 amide bonds. The van der Waals surface area contributed by atoms with Crippen LogP contribution in [0.3, 0.4) is 0 Å². The van der Waals surface area contributed by atoms with Gasteiger partial charge in [-0.25, -0.2) is 0 Å². The molecule has 1 atom stereocenters. The molecule has 0 bridgehead atoms.